The Morgan fingerprint density at radius 1 is 1.27 bits per heavy atom. The largest absolute Gasteiger partial charge is 0.326 e. The van der Waals surface area contributed by atoms with Gasteiger partial charge in [-0.25, -0.2) is 12.7 Å². The molecule has 0 aromatic heterocycles. The van der Waals surface area contributed by atoms with Crippen molar-refractivity contribution >= 4 is 21.6 Å². The summed E-state index contributed by atoms with van der Waals surface area (Å²) in [4.78, 5) is 11.9. The maximum atomic E-state index is 11.9. The van der Waals surface area contributed by atoms with Gasteiger partial charge < -0.3 is 5.32 Å². The van der Waals surface area contributed by atoms with Crippen LogP contribution in [0.1, 0.15) is 31.7 Å². The molecule has 0 saturated heterocycles. The molecule has 0 fully saturated rings. The lowest BCUT2D eigenvalue weighted by Gasteiger charge is -2.19. The number of sulfonamides is 1. The number of rotatable bonds is 8. The molecule has 1 N–H and O–H groups in total. The molecule has 0 aliphatic rings. The summed E-state index contributed by atoms with van der Waals surface area (Å²) in [5, 5.41) is 11.4. The van der Waals surface area contributed by atoms with Crippen molar-refractivity contribution in [3.63, 3.8) is 0 Å². The predicted octanol–water partition coefficient (Wildman–Crippen LogP) is 1.95. The zero-order valence-electron chi connectivity index (χ0n) is 12.9. The minimum absolute atomic E-state index is 0.0940. The van der Waals surface area contributed by atoms with Gasteiger partial charge in [0.15, 0.2) is 0 Å². The molecular weight excluding hydrogens is 302 g/mol. The van der Waals surface area contributed by atoms with E-state index >= 15 is 0 Å². The summed E-state index contributed by atoms with van der Waals surface area (Å²) in [6.45, 7) is 2.58. The number of unbranched alkanes of at least 4 members (excludes halogenated alkanes) is 1. The number of anilines is 1. The summed E-state index contributed by atoms with van der Waals surface area (Å²) < 4.78 is 24.6. The first-order valence-corrected chi connectivity index (χ1v) is 8.96. The minimum atomic E-state index is -3.30. The SMILES string of the molecule is CCCCN(CCC(=O)Nc1ccc(C#N)cc1)S(C)(=O)=O. The smallest absolute Gasteiger partial charge is 0.225 e. The van der Waals surface area contributed by atoms with Crippen molar-refractivity contribution in [2.75, 3.05) is 24.7 Å². The topological polar surface area (TPSA) is 90.3 Å². The van der Waals surface area contributed by atoms with Gasteiger partial charge in [0.05, 0.1) is 17.9 Å². The highest BCUT2D eigenvalue weighted by Crippen LogP contribution is 2.10. The zero-order chi connectivity index (χ0) is 16.6. The summed E-state index contributed by atoms with van der Waals surface area (Å²) in [5.74, 6) is -0.255. The fourth-order valence-electron chi connectivity index (χ4n) is 1.86. The van der Waals surface area contributed by atoms with Gasteiger partial charge in [-0.1, -0.05) is 13.3 Å². The average molecular weight is 323 g/mol. The third-order valence-corrected chi connectivity index (χ3v) is 4.42. The Morgan fingerprint density at radius 2 is 1.91 bits per heavy atom. The number of benzene rings is 1. The fourth-order valence-corrected chi connectivity index (χ4v) is 2.74. The summed E-state index contributed by atoms with van der Waals surface area (Å²) in [7, 11) is -3.30. The van der Waals surface area contributed by atoms with Crippen LogP contribution in [-0.4, -0.2) is 38.0 Å². The van der Waals surface area contributed by atoms with Crippen LogP contribution in [0.3, 0.4) is 0 Å². The van der Waals surface area contributed by atoms with Crippen LogP contribution in [0.25, 0.3) is 0 Å². The molecule has 0 aliphatic carbocycles. The number of carbonyl (C=O) groups is 1. The lowest BCUT2D eigenvalue weighted by Crippen LogP contribution is -2.33. The van der Waals surface area contributed by atoms with Crippen LogP contribution in [-0.2, 0) is 14.8 Å². The normalized spacial score (nSPS) is 11.2. The molecule has 0 atom stereocenters. The van der Waals surface area contributed by atoms with Crippen LogP contribution in [0.15, 0.2) is 24.3 Å². The number of carbonyl (C=O) groups excluding carboxylic acids is 1. The van der Waals surface area contributed by atoms with Crippen LogP contribution < -0.4 is 5.32 Å². The second kappa shape index (κ2) is 8.51. The second-order valence-electron chi connectivity index (χ2n) is 5.00. The van der Waals surface area contributed by atoms with Gasteiger partial charge in [-0.2, -0.15) is 5.26 Å². The number of nitrogens with zero attached hydrogens (tertiary/aromatic N) is 2. The number of nitriles is 1. The monoisotopic (exact) mass is 323 g/mol. The average Bonchev–Trinajstić information content (AvgIpc) is 2.46. The maximum absolute atomic E-state index is 11.9. The van der Waals surface area contributed by atoms with Crippen molar-refractivity contribution in [2.24, 2.45) is 0 Å². The lowest BCUT2D eigenvalue weighted by molar-refractivity contribution is -0.116. The van der Waals surface area contributed by atoms with E-state index in [-0.39, 0.29) is 18.9 Å². The first kappa shape index (κ1) is 18.1. The van der Waals surface area contributed by atoms with Gasteiger partial charge in [0.1, 0.15) is 0 Å². The van der Waals surface area contributed by atoms with Crippen molar-refractivity contribution in [3.05, 3.63) is 29.8 Å². The summed E-state index contributed by atoms with van der Waals surface area (Å²) in [5.41, 5.74) is 1.10. The van der Waals surface area contributed by atoms with Crippen LogP contribution in [0, 0.1) is 11.3 Å². The van der Waals surface area contributed by atoms with E-state index in [1.54, 1.807) is 24.3 Å². The highest BCUT2D eigenvalue weighted by molar-refractivity contribution is 7.88. The standard InChI is InChI=1S/C15H21N3O3S/c1-3-4-10-18(22(2,20)21)11-9-15(19)17-14-7-5-13(12-16)6-8-14/h5-8H,3-4,9-11H2,1-2H3,(H,17,19). The van der Waals surface area contributed by atoms with Crippen molar-refractivity contribution in [1.82, 2.24) is 4.31 Å². The van der Waals surface area contributed by atoms with Gasteiger partial charge in [0, 0.05) is 25.2 Å². The lowest BCUT2D eigenvalue weighted by atomic mass is 10.2. The Hall–Kier alpha value is -1.91. The fraction of sp³-hybridized carbons (Fsp3) is 0.467. The van der Waals surface area contributed by atoms with Gasteiger partial charge in [0.2, 0.25) is 15.9 Å². The van der Waals surface area contributed by atoms with Gasteiger partial charge in [-0.3, -0.25) is 4.79 Å². The van der Waals surface area contributed by atoms with Crippen molar-refractivity contribution in [2.45, 2.75) is 26.2 Å². The van der Waals surface area contributed by atoms with Gasteiger partial charge in [-0.05, 0) is 30.7 Å². The number of amides is 1. The highest BCUT2D eigenvalue weighted by atomic mass is 32.2. The van der Waals surface area contributed by atoms with E-state index in [1.165, 1.54) is 4.31 Å². The quantitative estimate of drug-likeness (QED) is 0.791. The van der Waals surface area contributed by atoms with Crippen molar-refractivity contribution in [1.29, 1.82) is 5.26 Å². The highest BCUT2D eigenvalue weighted by Gasteiger charge is 2.17. The molecular formula is C15H21N3O3S. The molecule has 1 aromatic rings. The second-order valence-corrected chi connectivity index (χ2v) is 6.99. The Kier molecular flexibility index (Phi) is 7.02. The molecule has 22 heavy (non-hydrogen) atoms. The van der Waals surface area contributed by atoms with E-state index in [9.17, 15) is 13.2 Å². The molecule has 120 valence electrons. The van der Waals surface area contributed by atoms with Crippen molar-refractivity contribution in [3.8, 4) is 6.07 Å². The number of nitrogens with one attached hydrogen (secondary N) is 1. The van der Waals surface area contributed by atoms with Gasteiger partial charge in [-0.15, -0.1) is 0 Å². The van der Waals surface area contributed by atoms with E-state index in [0.717, 1.165) is 19.1 Å². The Morgan fingerprint density at radius 3 is 2.41 bits per heavy atom. The van der Waals surface area contributed by atoms with E-state index in [1.807, 2.05) is 13.0 Å². The van der Waals surface area contributed by atoms with Crippen LogP contribution in [0.2, 0.25) is 0 Å². The van der Waals surface area contributed by atoms with E-state index in [4.69, 9.17) is 5.26 Å². The molecule has 1 rings (SSSR count). The van der Waals surface area contributed by atoms with E-state index in [0.29, 0.717) is 17.8 Å². The van der Waals surface area contributed by atoms with Crippen LogP contribution in [0.4, 0.5) is 5.69 Å². The zero-order valence-corrected chi connectivity index (χ0v) is 13.7. The summed E-state index contributed by atoms with van der Waals surface area (Å²) in [6, 6.07) is 8.50. The molecule has 0 spiro atoms. The molecule has 0 unspecified atom stereocenters. The molecule has 6 nitrogen and oxygen atoms in total. The van der Waals surface area contributed by atoms with Gasteiger partial charge in [0.25, 0.3) is 0 Å². The first-order chi connectivity index (χ1) is 10.4. The number of hydrogen-bond acceptors (Lipinski definition) is 4. The molecule has 0 bridgehead atoms. The first-order valence-electron chi connectivity index (χ1n) is 7.12. The molecule has 0 heterocycles. The Labute approximate surface area is 131 Å². The van der Waals surface area contributed by atoms with E-state index in [2.05, 4.69) is 5.32 Å². The summed E-state index contributed by atoms with van der Waals surface area (Å²) in [6.07, 6.45) is 2.91. The Bertz CT molecular complexity index is 633. The molecule has 0 saturated carbocycles. The summed E-state index contributed by atoms with van der Waals surface area (Å²) >= 11 is 0. The third kappa shape index (κ3) is 6.24. The minimum Gasteiger partial charge on any atom is -0.326 e. The molecule has 1 amide bonds. The molecule has 1 aromatic carbocycles. The van der Waals surface area contributed by atoms with E-state index < -0.39 is 10.0 Å². The molecule has 7 heteroatoms. The van der Waals surface area contributed by atoms with Gasteiger partial charge >= 0.3 is 0 Å². The van der Waals surface area contributed by atoms with Crippen LogP contribution in [0.5, 0.6) is 0 Å². The maximum Gasteiger partial charge on any atom is 0.225 e. The molecule has 0 radical (unpaired) electrons. The third-order valence-electron chi connectivity index (χ3n) is 3.12. The van der Waals surface area contributed by atoms with Crippen LogP contribution >= 0.6 is 0 Å². The van der Waals surface area contributed by atoms with Crippen molar-refractivity contribution < 1.29 is 13.2 Å². The molecule has 0 aliphatic heterocycles. The Balaban J connectivity index is 2.54. The predicted molar refractivity (Wildman–Crippen MR) is 85.7 cm³/mol. The number of hydrogen-bond donors (Lipinski definition) is 1.